The molecule has 0 spiro atoms. The monoisotopic (exact) mass is 238 g/mol. The number of nitrogens with zero attached hydrogens (tertiary/aromatic N) is 2. The van der Waals surface area contributed by atoms with Crippen LogP contribution in [0.15, 0.2) is 18.2 Å². The Kier molecular flexibility index (Phi) is 4.60. The molecular formula is C12H15ClN2O. The van der Waals surface area contributed by atoms with Gasteiger partial charge in [-0.25, -0.2) is 0 Å². The molecule has 1 aromatic rings. The van der Waals surface area contributed by atoms with Crippen molar-refractivity contribution in [3.63, 3.8) is 0 Å². The van der Waals surface area contributed by atoms with Gasteiger partial charge in [-0.3, -0.25) is 0 Å². The van der Waals surface area contributed by atoms with Crippen molar-refractivity contribution in [1.29, 1.82) is 5.26 Å². The van der Waals surface area contributed by atoms with Crippen LogP contribution in [-0.2, 0) is 0 Å². The van der Waals surface area contributed by atoms with Crippen molar-refractivity contribution in [3.05, 3.63) is 28.8 Å². The number of methoxy groups -OCH3 is 1. The van der Waals surface area contributed by atoms with Gasteiger partial charge in [0, 0.05) is 11.1 Å². The van der Waals surface area contributed by atoms with E-state index < -0.39 is 0 Å². The van der Waals surface area contributed by atoms with Crippen molar-refractivity contribution < 1.29 is 4.74 Å². The highest BCUT2D eigenvalue weighted by atomic mass is 35.5. The van der Waals surface area contributed by atoms with Crippen LogP contribution in [0.2, 0.25) is 5.02 Å². The number of hydrogen-bond donors (Lipinski definition) is 0. The first-order chi connectivity index (χ1) is 7.60. The summed E-state index contributed by atoms with van der Waals surface area (Å²) in [6.07, 6.45) is 0.416. The van der Waals surface area contributed by atoms with Gasteiger partial charge >= 0.3 is 0 Å². The Bertz CT molecular complexity index is 398. The second kappa shape index (κ2) is 5.74. The zero-order valence-corrected chi connectivity index (χ0v) is 10.5. The Morgan fingerprint density at radius 3 is 2.62 bits per heavy atom. The zero-order valence-electron chi connectivity index (χ0n) is 9.70. The number of halogens is 1. The van der Waals surface area contributed by atoms with E-state index in [9.17, 15) is 0 Å². The molecule has 0 saturated carbocycles. The average Bonchev–Trinajstić information content (AvgIpc) is 2.26. The lowest BCUT2D eigenvalue weighted by Gasteiger charge is -2.23. The van der Waals surface area contributed by atoms with E-state index >= 15 is 0 Å². The number of hydrogen-bond acceptors (Lipinski definition) is 3. The molecule has 0 aromatic heterocycles. The molecule has 86 valence electrons. The Hall–Kier alpha value is -1.24. The highest BCUT2D eigenvalue weighted by molar-refractivity contribution is 6.31. The van der Waals surface area contributed by atoms with Gasteiger partial charge in [0.05, 0.1) is 19.6 Å². The van der Waals surface area contributed by atoms with Crippen LogP contribution >= 0.6 is 11.6 Å². The van der Waals surface area contributed by atoms with E-state index in [2.05, 4.69) is 6.07 Å². The Morgan fingerprint density at radius 2 is 2.19 bits per heavy atom. The van der Waals surface area contributed by atoms with E-state index in [1.807, 2.05) is 31.1 Å². The quantitative estimate of drug-likeness (QED) is 0.809. The van der Waals surface area contributed by atoms with Crippen molar-refractivity contribution in [2.75, 3.05) is 21.2 Å². The lowest BCUT2D eigenvalue weighted by molar-refractivity contribution is 0.303. The molecule has 1 rings (SSSR count). The number of rotatable bonds is 4. The van der Waals surface area contributed by atoms with Crippen LogP contribution in [0.25, 0.3) is 0 Å². The van der Waals surface area contributed by atoms with Gasteiger partial charge in [-0.05, 0) is 31.8 Å². The van der Waals surface area contributed by atoms with Gasteiger partial charge in [0.15, 0.2) is 0 Å². The second-order valence-corrected chi connectivity index (χ2v) is 4.14. The standard InChI is InChI=1S/C12H15ClN2O/c1-15(2)12(6-7-14)10-5-4-9(16-3)8-11(10)13/h4-5,8,12H,6H2,1-3H3. The van der Waals surface area contributed by atoms with Crippen LogP contribution in [0.3, 0.4) is 0 Å². The van der Waals surface area contributed by atoms with Crippen molar-refractivity contribution >= 4 is 11.6 Å². The van der Waals surface area contributed by atoms with E-state index in [1.54, 1.807) is 13.2 Å². The molecule has 0 aliphatic rings. The predicted molar refractivity (Wildman–Crippen MR) is 64.7 cm³/mol. The Labute approximate surface area is 101 Å². The number of ether oxygens (including phenoxy) is 1. The number of nitriles is 1. The molecule has 0 radical (unpaired) electrons. The van der Waals surface area contributed by atoms with Gasteiger partial charge in [0.2, 0.25) is 0 Å². The summed E-state index contributed by atoms with van der Waals surface area (Å²) in [4.78, 5) is 1.98. The average molecular weight is 239 g/mol. The second-order valence-electron chi connectivity index (χ2n) is 3.73. The third-order valence-electron chi connectivity index (χ3n) is 2.47. The topological polar surface area (TPSA) is 36.3 Å². The fraction of sp³-hybridized carbons (Fsp3) is 0.417. The maximum Gasteiger partial charge on any atom is 0.120 e. The minimum absolute atomic E-state index is 0.0170. The summed E-state index contributed by atoms with van der Waals surface area (Å²) in [5.74, 6) is 0.725. The smallest absolute Gasteiger partial charge is 0.120 e. The van der Waals surface area contributed by atoms with E-state index in [4.69, 9.17) is 21.6 Å². The Balaban J connectivity index is 3.06. The minimum Gasteiger partial charge on any atom is -0.497 e. The molecule has 3 nitrogen and oxygen atoms in total. The third kappa shape index (κ3) is 2.88. The van der Waals surface area contributed by atoms with Crippen molar-refractivity contribution in [2.45, 2.75) is 12.5 Å². The van der Waals surface area contributed by atoms with E-state index in [0.29, 0.717) is 11.4 Å². The first-order valence-electron chi connectivity index (χ1n) is 4.97. The lowest BCUT2D eigenvalue weighted by Crippen LogP contribution is -2.19. The zero-order chi connectivity index (χ0) is 12.1. The van der Waals surface area contributed by atoms with Crippen LogP contribution in [0.5, 0.6) is 5.75 Å². The van der Waals surface area contributed by atoms with Gasteiger partial charge in [-0.15, -0.1) is 0 Å². The maximum atomic E-state index is 8.79. The summed E-state index contributed by atoms with van der Waals surface area (Å²) in [5.41, 5.74) is 0.953. The third-order valence-corrected chi connectivity index (χ3v) is 2.80. The minimum atomic E-state index is 0.0170. The van der Waals surface area contributed by atoms with Gasteiger partial charge in [0.25, 0.3) is 0 Å². The summed E-state index contributed by atoms with van der Waals surface area (Å²) in [6.45, 7) is 0. The van der Waals surface area contributed by atoms with Gasteiger partial charge in [-0.2, -0.15) is 5.26 Å². The van der Waals surface area contributed by atoms with Crippen LogP contribution in [0, 0.1) is 11.3 Å². The van der Waals surface area contributed by atoms with Crippen molar-refractivity contribution in [3.8, 4) is 11.8 Å². The number of benzene rings is 1. The van der Waals surface area contributed by atoms with Gasteiger partial charge in [0.1, 0.15) is 5.75 Å². The summed E-state index contributed by atoms with van der Waals surface area (Å²) < 4.78 is 5.09. The van der Waals surface area contributed by atoms with Gasteiger partial charge < -0.3 is 9.64 Å². The first kappa shape index (κ1) is 12.8. The molecule has 0 aliphatic heterocycles. The summed E-state index contributed by atoms with van der Waals surface area (Å²) in [6, 6.07) is 7.72. The highest BCUT2D eigenvalue weighted by Gasteiger charge is 2.17. The maximum absolute atomic E-state index is 8.79. The molecule has 1 aromatic carbocycles. The molecule has 16 heavy (non-hydrogen) atoms. The van der Waals surface area contributed by atoms with Crippen LogP contribution in [0.4, 0.5) is 0 Å². The molecule has 4 heteroatoms. The van der Waals surface area contributed by atoms with E-state index in [1.165, 1.54) is 0 Å². The van der Waals surface area contributed by atoms with Crippen molar-refractivity contribution in [1.82, 2.24) is 4.90 Å². The molecular weight excluding hydrogens is 224 g/mol. The fourth-order valence-electron chi connectivity index (χ4n) is 1.56. The summed E-state index contributed by atoms with van der Waals surface area (Å²) >= 11 is 6.17. The first-order valence-corrected chi connectivity index (χ1v) is 5.34. The molecule has 1 unspecified atom stereocenters. The largest absolute Gasteiger partial charge is 0.497 e. The predicted octanol–water partition coefficient (Wildman–Crippen LogP) is 2.86. The van der Waals surface area contributed by atoms with Gasteiger partial charge in [-0.1, -0.05) is 17.7 Å². The van der Waals surface area contributed by atoms with Crippen LogP contribution in [-0.4, -0.2) is 26.1 Å². The fourth-order valence-corrected chi connectivity index (χ4v) is 1.86. The van der Waals surface area contributed by atoms with Crippen LogP contribution in [0.1, 0.15) is 18.0 Å². The molecule has 0 N–H and O–H groups in total. The van der Waals surface area contributed by atoms with Crippen molar-refractivity contribution in [2.24, 2.45) is 0 Å². The molecule has 0 amide bonds. The highest BCUT2D eigenvalue weighted by Crippen LogP contribution is 2.31. The normalized spacial score (nSPS) is 12.2. The molecule has 0 saturated heterocycles. The van der Waals surface area contributed by atoms with E-state index in [-0.39, 0.29) is 6.04 Å². The molecule has 0 heterocycles. The summed E-state index contributed by atoms with van der Waals surface area (Å²) in [5, 5.41) is 9.43. The molecule has 0 fully saturated rings. The molecule has 1 atom stereocenters. The molecule has 0 aliphatic carbocycles. The van der Waals surface area contributed by atoms with Crippen LogP contribution < -0.4 is 4.74 Å². The Morgan fingerprint density at radius 1 is 1.50 bits per heavy atom. The lowest BCUT2D eigenvalue weighted by atomic mass is 10.0. The summed E-state index contributed by atoms with van der Waals surface area (Å²) in [7, 11) is 5.47. The molecule has 0 bridgehead atoms. The SMILES string of the molecule is COc1ccc(C(CC#N)N(C)C)c(Cl)c1. The van der Waals surface area contributed by atoms with E-state index in [0.717, 1.165) is 11.3 Å².